The Morgan fingerprint density at radius 1 is 0.897 bits per heavy atom. The quantitative estimate of drug-likeness (QED) is 0.294. The summed E-state index contributed by atoms with van der Waals surface area (Å²) in [5, 5.41) is 0. The zero-order valence-corrected chi connectivity index (χ0v) is 21.3. The monoisotopic (exact) mass is 430 g/mol. The molecule has 1 aromatic carbocycles. The number of nitrogens with zero attached hydrogens (tertiary/aromatic N) is 2. The molecule has 0 N–H and O–H groups in total. The van der Waals surface area contributed by atoms with E-state index in [2.05, 4.69) is 50.0 Å². The first kappa shape index (κ1) is 23.8. The lowest BCUT2D eigenvalue weighted by atomic mass is 10.2. The van der Waals surface area contributed by atoms with E-state index in [0.29, 0.717) is 0 Å². The summed E-state index contributed by atoms with van der Waals surface area (Å²) in [5.41, 5.74) is 2.07. The standard InChI is InChI=1S/C23H38N2O2Si2/c1-19(2)13-16-29(6,7)27-28(4,5)15-8-14-26-22-11-9-21(10-12-22)23-24-17-20(3)18-25-23/h9-12,17-19H,8,13-16H2,1-7H3. The van der Waals surface area contributed by atoms with Crippen LogP contribution in [0.15, 0.2) is 36.7 Å². The molecule has 0 radical (unpaired) electrons. The highest BCUT2D eigenvalue weighted by molar-refractivity contribution is 6.84. The van der Waals surface area contributed by atoms with Gasteiger partial charge in [-0.2, -0.15) is 0 Å². The fraction of sp³-hybridized carbons (Fsp3) is 0.565. The predicted molar refractivity (Wildman–Crippen MR) is 127 cm³/mol. The minimum absolute atomic E-state index is 0.730. The number of aromatic nitrogens is 2. The van der Waals surface area contributed by atoms with Crippen molar-refractivity contribution in [3.05, 3.63) is 42.2 Å². The van der Waals surface area contributed by atoms with Gasteiger partial charge in [0.2, 0.25) is 0 Å². The van der Waals surface area contributed by atoms with E-state index in [1.54, 1.807) is 0 Å². The van der Waals surface area contributed by atoms with Crippen LogP contribution in [0.4, 0.5) is 0 Å². The van der Waals surface area contributed by atoms with E-state index in [1.165, 1.54) is 12.5 Å². The van der Waals surface area contributed by atoms with Crippen LogP contribution in [-0.2, 0) is 4.12 Å². The molecular formula is C23H38N2O2Si2. The first-order chi connectivity index (χ1) is 13.6. The van der Waals surface area contributed by atoms with Gasteiger partial charge in [-0.3, -0.25) is 0 Å². The number of hydrogen-bond donors (Lipinski definition) is 0. The molecule has 0 fully saturated rings. The Morgan fingerprint density at radius 2 is 1.48 bits per heavy atom. The van der Waals surface area contributed by atoms with Crippen LogP contribution in [0.1, 0.15) is 32.3 Å². The third kappa shape index (κ3) is 8.80. The second-order valence-corrected chi connectivity index (χ2v) is 18.5. The molecule has 0 unspecified atom stereocenters. The van der Waals surface area contributed by atoms with Gasteiger partial charge in [-0.05, 0) is 87.4 Å². The molecule has 0 saturated carbocycles. The van der Waals surface area contributed by atoms with Gasteiger partial charge in [-0.1, -0.05) is 20.3 Å². The lowest BCUT2D eigenvalue weighted by molar-refractivity contribution is 0.315. The first-order valence-electron chi connectivity index (χ1n) is 10.8. The minimum atomic E-state index is -1.64. The molecule has 1 aromatic heterocycles. The zero-order valence-electron chi connectivity index (χ0n) is 19.3. The normalized spacial score (nSPS) is 12.4. The first-order valence-corrected chi connectivity index (χ1v) is 17.0. The molecule has 4 nitrogen and oxygen atoms in total. The maximum absolute atomic E-state index is 6.71. The van der Waals surface area contributed by atoms with Crippen molar-refractivity contribution < 1.29 is 8.85 Å². The Hall–Kier alpha value is -1.51. The Balaban J connectivity index is 1.77. The molecule has 0 aliphatic carbocycles. The highest BCUT2D eigenvalue weighted by Crippen LogP contribution is 2.25. The molecule has 0 atom stereocenters. The molecule has 1 heterocycles. The lowest BCUT2D eigenvalue weighted by Crippen LogP contribution is -2.44. The Morgan fingerprint density at radius 3 is 2.07 bits per heavy atom. The molecule has 0 spiro atoms. The maximum atomic E-state index is 6.71. The molecule has 160 valence electrons. The van der Waals surface area contributed by atoms with E-state index in [-0.39, 0.29) is 0 Å². The number of aryl methyl sites for hydroxylation is 1. The van der Waals surface area contributed by atoms with Gasteiger partial charge >= 0.3 is 0 Å². The molecule has 2 aromatic rings. The summed E-state index contributed by atoms with van der Waals surface area (Å²) in [6, 6.07) is 10.4. The summed E-state index contributed by atoms with van der Waals surface area (Å²) >= 11 is 0. The zero-order chi connectivity index (χ0) is 21.5. The summed E-state index contributed by atoms with van der Waals surface area (Å²) in [5.74, 6) is 2.40. The van der Waals surface area contributed by atoms with Crippen LogP contribution in [-0.4, -0.2) is 33.2 Å². The SMILES string of the molecule is Cc1cnc(-c2ccc(OCCC[Si](C)(C)O[Si](C)(C)CCC(C)C)cc2)nc1. The summed E-state index contributed by atoms with van der Waals surface area (Å²) in [6.45, 7) is 16.8. The smallest absolute Gasteiger partial charge is 0.173 e. The Labute approximate surface area is 179 Å². The van der Waals surface area contributed by atoms with Crippen LogP contribution >= 0.6 is 0 Å². The van der Waals surface area contributed by atoms with Gasteiger partial charge < -0.3 is 8.85 Å². The van der Waals surface area contributed by atoms with E-state index in [0.717, 1.165) is 47.7 Å². The van der Waals surface area contributed by atoms with E-state index in [9.17, 15) is 0 Å². The summed E-state index contributed by atoms with van der Waals surface area (Å²) < 4.78 is 12.7. The minimum Gasteiger partial charge on any atom is -0.494 e. The van der Waals surface area contributed by atoms with Crippen LogP contribution in [0.25, 0.3) is 11.4 Å². The number of rotatable bonds is 11. The summed E-state index contributed by atoms with van der Waals surface area (Å²) in [4.78, 5) is 8.75. The fourth-order valence-corrected chi connectivity index (χ4v) is 12.5. The van der Waals surface area contributed by atoms with Crippen molar-refractivity contribution in [2.75, 3.05) is 6.61 Å². The van der Waals surface area contributed by atoms with Crippen LogP contribution in [0, 0.1) is 12.8 Å². The fourth-order valence-electron chi connectivity index (χ4n) is 3.42. The van der Waals surface area contributed by atoms with Crippen LogP contribution < -0.4 is 4.74 Å². The van der Waals surface area contributed by atoms with Gasteiger partial charge in [0, 0.05) is 18.0 Å². The molecule has 0 aliphatic heterocycles. The van der Waals surface area contributed by atoms with E-state index < -0.39 is 16.6 Å². The highest BCUT2D eigenvalue weighted by atomic mass is 28.4. The molecule has 0 aliphatic rings. The van der Waals surface area contributed by atoms with Gasteiger partial charge in [0.15, 0.2) is 22.5 Å². The Kier molecular flexibility index (Phi) is 8.61. The number of hydrogen-bond acceptors (Lipinski definition) is 4. The van der Waals surface area contributed by atoms with Gasteiger partial charge in [0.25, 0.3) is 0 Å². The molecule has 0 amide bonds. The lowest BCUT2D eigenvalue weighted by Gasteiger charge is -2.34. The van der Waals surface area contributed by atoms with Crippen LogP contribution in [0.5, 0.6) is 5.75 Å². The van der Waals surface area contributed by atoms with Crippen molar-refractivity contribution in [1.29, 1.82) is 0 Å². The van der Waals surface area contributed by atoms with E-state index in [4.69, 9.17) is 8.85 Å². The second kappa shape index (κ2) is 10.5. The molecule has 6 heteroatoms. The van der Waals surface area contributed by atoms with Crippen molar-refractivity contribution in [2.45, 2.75) is 71.9 Å². The van der Waals surface area contributed by atoms with Crippen molar-refractivity contribution in [1.82, 2.24) is 9.97 Å². The largest absolute Gasteiger partial charge is 0.494 e. The molecule has 0 saturated heterocycles. The average molecular weight is 431 g/mol. The second-order valence-electron chi connectivity index (χ2n) is 9.61. The number of ether oxygens (including phenoxy) is 1. The van der Waals surface area contributed by atoms with Gasteiger partial charge in [0.1, 0.15) is 5.75 Å². The Bertz CT molecular complexity index is 744. The number of benzene rings is 1. The summed E-state index contributed by atoms with van der Waals surface area (Å²) in [6.07, 6.45) is 5.99. The predicted octanol–water partition coefficient (Wildman–Crippen LogP) is 6.69. The topological polar surface area (TPSA) is 44.2 Å². The van der Waals surface area contributed by atoms with E-state index in [1.807, 2.05) is 43.6 Å². The average Bonchev–Trinajstić information content (AvgIpc) is 2.64. The molecule has 29 heavy (non-hydrogen) atoms. The van der Waals surface area contributed by atoms with Crippen molar-refractivity contribution in [3.63, 3.8) is 0 Å². The van der Waals surface area contributed by atoms with Crippen molar-refractivity contribution >= 4 is 16.6 Å². The third-order valence-electron chi connectivity index (χ3n) is 4.96. The third-order valence-corrected chi connectivity index (χ3v) is 12.4. The van der Waals surface area contributed by atoms with Crippen molar-refractivity contribution in [2.24, 2.45) is 5.92 Å². The van der Waals surface area contributed by atoms with Crippen LogP contribution in [0.2, 0.25) is 38.3 Å². The van der Waals surface area contributed by atoms with Crippen molar-refractivity contribution in [3.8, 4) is 17.1 Å². The molecular weight excluding hydrogens is 392 g/mol. The maximum Gasteiger partial charge on any atom is 0.173 e. The van der Waals surface area contributed by atoms with Crippen LogP contribution in [0.3, 0.4) is 0 Å². The highest BCUT2D eigenvalue weighted by Gasteiger charge is 2.32. The van der Waals surface area contributed by atoms with Gasteiger partial charge in [-0.25, -0.2) is 9.97 Å². The summed E-state index contributed by atoms with van der Waals surface area (Å²) in [7, 11) is -3.20. The molecule has 2 rings (SSSR count). The van der Waals surface area contributed by atoms with Gasteiger partial charge in [-0.15, -0.1) is 0 Å². The molecule has 0 bridgehead atoms. The van der Waals surface area contributed by atoms with E-state index >= 15 is 0 Å². The van der Waals surface area contributed by atoms with Gasteiger partial charge in [0.05, 0.1) is 6.61 Å².